The first-order chi connectivity index (χ1) is 12.0. The van der Waals surface area contributed by atoms with E-state index in [9.17, 15) is 4.79 Å². The van der Waals surface area contributed by atoms with Gasteiger partial charge in [-0.3, -0.25) is 10.2 Å². The minimum atomic E-state index is -0.162. The number of hydrogen-bond acceptors (Lipinski definition) is 6. The summed E-state index contributed by atoms with van der Waals surface area (Å²) in [4.78, 5) is 16.9. The number of rotatable bonds is 5. The molecule has 140 valence electrons. The maximum absolute atomic E-state index is 12.0. The lowest BCUT2D eigenvalue weighted by Gasteiger charge is -2.40. The number of piperazine rings is 1. The summed E-state index contributed by atoms with van der Waals surface area (Å²) in [5.74, 6) is 0.685. The first kappa shape index (κ1) is 18.4. The molecule has 3 rings (SSSR count). The molecule has 1 aromatic rings. The molecule has 1 saturated heterocycles. The largest absolute Gasteiger partial charge is 0.344 e. The van der Waals surface area contributed by atoms with Crippen molar-refractivity contribution in [3.05, 3.63) is 0 Å². The van der Waals surface area contributed by atoms with Crippen molar-refractivity contribution in [2.24, 2.45) is 5.92 Å². The van der Waals surface area contributed by atoms with Crippen LogP contribution in [-0.4, -0.2) is 59.4 Å². The Labute approximate surface area is 154 Å². The van der Waals surface area contributed by atoms with Gasteiger partial charge in [0.15, 0.2) is 0 Å². The molecular formula is C17H30N6OS. The third-order valence-electron chi connectivity index (χ3n) is 4.96. The number of anilines is 2. The Bertz CT molecular complexity index is 571. The van der Waals surface area contributed by atoms with Crippen LogP contribution >= 0.6 is 11.3 Å². The van der Waals surface area contributed by atoms with E-state index in [0.717, 1.165) is 44.2 Å². The Kier molecular flexibility index (Phi) is 6.11. The fraction of sp³-hybridized carbons (Fsp3) is 0.824. The van der Waals surface area contributed by atoms with Gasteiger partial charge in [-0.1, -0.05) is 38.0 Å². The van der Waals surface area contributed by atoms with Crippen LogP contribution in [0.1, 0.15) is 46.5 Å². The molecule has 0 spiro atoms. The fourth-order valence-corrected chi connectivity index (χ4v) is 4.47. The first-order valence-corrected chi connectivity index (χ1v) is 10.2. The van der Waals surface area contributed by atoms with Crippen molar-refractivity contribution in [1.82, 2.24) is 20.4 Å². The van der Waals surface area contributed by atoms with E-state index >= 15 is 0 Å². The SMILES string of the molecule is CC(C)CN1CCN(c2nnc(NC(=O)NC3CCCC3)s2)C[C@H]1C. The van der Waals surface area contributed by atoms with E-state index in [1.807, 2.05) is 0 Å². The van der Waals surface area contributed by atoms with Gasteiger partial charge in [0.2, 0.25) is 10.3 Å². The highest BCUT2D eigenvalue weighted by molar-refractivity contribution is 7.19. The van der Waals surface area contributed by atoms with Crippen molar-refractivity contribution in [3.8, 4) is 0 Å². The van der Waals surface area contributed by atoms with Gasteiger partial charge in [-0.05, 0) is 25.7 Å². The third kappa shape index (κ3) is 5.04. The van der Waals surface area contributed by atoms with Crippen LogP contribution in [0.2, 0.25) is 0 Å². The molecule has 2 amide bonds. The zero-order valence-corrected chi connectivity index (χ0v) is 16.3. The maximum atomic E-state index is 12.0. The molecule has 0 radical (unpaired) electrons. The van der Waals surface area contributed by atoms with Crippen molar-refractivity contribution in [3.63, 3.8) is 0 Å². The summed E-state index contributed by atoms with van der Waals surface area (Å²) in [6, 6.07) is 0.647. The van der Waals surface area contributed by atoms with Crippen LogP contribution in [0.15, 0.2) is 0 Å². The fourth-order valence-electron chi connectivity index (χ4n) is 3.69. The van der Waals surface area contributed by atoms with Gasteiger partial charge in [-0.15, -0.1) is 10.2 Å². The van der Waals surface area contributed by atoms with Crippen molar-refractivity contribution < 1.29 is 4.79 Å². The number of amides is 2. The third-order valence-corrected chi connectivity index (χ3v) is 5.86. The molecule has 0 aromatic carbocycles. The molecule has 2 heterocycles. The van der Waals surface area contributed by atoms with E-state index < -0.39 is 0 Å². The zero-order chi connectivity index (χ0) is 17.8. The number of nitrogens with one attached hydrogen (secondary N) is 2. The van der Waals surface area contributed by atoms with E-state index in [1.165, 1.54) is 24.2 Å². The summed E-state index contributed by atoms with van der Waals surface area (Å²) in [7, 11) is 0. The average Bonchev–Trinajstić information content (AvgIpc) is 3.21. The molecule has 2 fully saturated rings. The number of nitrogens with zero attached hydrogens (tertiary/aromatic N) is 4. The van der Waals surface area contributed by atoms with Gasteiger partial charge in [-0.25, -0.2) is 4.79 Å². The van der Waals surface area contributed by atoms with Crippen LogP contribution in [0.25, 0.3) is 0 Å². The highest BCUT2D eigenvalue weighted by Crippen LogP contribution is 2.26. The van der Waals surface area contributed by atoms with Gasteiger partial charge in [-0.2, -0.15) is 0 Å². The van der Waals surface area contributed by atoms with Gasteiger partial charge in [0.1, 0.15) is 0 Å². The Morgan fingerprint density at radius 2 is 2.04 bits per heavy atom. The molecule has 2 aliphatic rings. The molecule has 1 aromatic heterocycles. The predicted molar refractivity (Wildman–Crippen MR) is 102 cm³/mol. The van der Waals surface area contributed by atoms with Crippen molar-refractivity contribution in [2.75, 3.05) is 36.4 Å². The van der Waals surface area contributed by atoms with Crippen molar-refractivity contribution >= 4 is 27.6 Å². The second-order valence-corrected chi connectivity index (χ2v) is 8.61. The number of carbonyl (C=O) groups excluding carboxylic acids is 1. The monoisotopic (exact) mass is 366 g/mol. The van der Waals surface area contributed by atoms with E-state index in [2.05, 4.69) is 51.4 Å². The second kappa shape index (κ2) is 8.31. The molecule has 7 nitrogen and oxygen atoms in total. The Morgan fingerprint density at radius 3 is 2.72 bits per heavy atom. The first-order valence-electron chi connectivity index (χ1n) is 9.41. The summed E-state index contributed by atoms with van der Waals surface area (Å²) < 4.78 is 0. The number of urea groups is 1. The van der Waals surface area contributed by atoms with Crippen LogP contribution in [0.3, 0.4) is 0 Å². The van der Waals surface area contributed by atoms with Crippen molar-refractivity contribution in [1.29, 1.82) is 0 Å². The van der Waals surface area contributed by atoms with E-state index in [-0.39, 0.29) is 6.03 Å². The predicted octanol–water partition coefficient (Wildman–Crippen LogP) is 2.77. The quantitative estimate of drug-likeness (QED) is 0.838. The highest BCUT2D eigenvalue weighted by atomic mass is 32.1. The molecule has 1 aliphatic heterocycles. The molecular weight excluding hydrogens is 336 g/mol. The van der Waals surface area contributed by atoms with Gasteiger partial charge in [0, 0.05) is 38.3 Å². The lowest BCUT2D eigenvalue weighted by molar-refractivity contribution is 0.169. The standard InChI is InChI=1S/C17H30N6OS/c1-12(2)10-22-8-9-23(11-13(22)3)17-21-20-16(25-17)19-15(24)18-14-6-4-5-7-14/h12-14H,4-11H2,1-3H3,(H2,18,19,20,24)/t13-/m1/s1. The van der Waals surface area contributed by atoms with Crippen LogP contribution < -0.4 is 15.5 Å². The van der Waals surface area contributed by atoms with Gasteiger partial charge < -0.3 is 10.2 Å². The van der Waals surface area contributed by atoms with E-state index in [0.29, 0.717) is 23.1 Å². The average molecular weight is 367 g/mol. The van der Waals surface area contributed by atoms with Gasteiger partial charge >= 0.3 is 6.03 Å². The maximum Gasteiger partial charge on any atom is 0.321 e. The zero-order valence-electron chi connectivity index (χ0n) is 15.5. The summed E-state index contributed by atoms with van der Waals surface area (Å²) in [5, 5.41) is 15.7. The van der Waals surface area contributed by atoms with E-state index in [4.69, 9.17) is 0 Å². The molecule has 25 heavy (non-hydrogen) atoms. The lowest BCUT2D eigenvalue weighted by Crippen LogP contribution is -2.52. The van der Waals surface area contributed by atoms with Crippen LogP contribution in [-0.2, 0) is 0 Å². The number of aromatic nitrogens is 2. The molecule has 1 aliphatic carbocycles. The summed E-state index contributed by atoms with van der Waals surface area (Å²) in [6.07, 6.45) is 4.56. The topological polar surface area (TPSA) is 73.4 Å². The smallest absolute Gasteiger partial charge is 0.321 e. The number of carbonyl (C=O) groups is 1. The molecule has 2 N–H and O–H groups in total. The Balaban J connectivity index is 1.50. The minimum absolute atomic E-state index is 0.162. The van der Waals surface area contributed by atoms with Crippen molar-refractivity contribution in [2.45, 2.75) is 58.5 Å². The van der Waals surface area contributed by atoms with Crippen LogP contribution in [0.5, 0.6) is 0 Å². The molecule has 0 unspecified atom stereocenters. The molecule has 1 atom stereocenters. The van der Waals surface area contributed by atoms with E-state index in [1.54, 1.807) is 0 Å². The highest BCUT2D eigenvalue weighted by Gasteiger charge is 2.26. The Hall–Kier alpha value is -1.41. The summed E-state index contributed by atoms with van der Waals surface area (Å²) in [5.41, 5.74) is 0. The van der Waals surface area contributed by atoms with Gasteiger partial charge in [0.25, 0.3) is 0 Å². The minimum Gasteiger partial charge on any atom is -0.344 e. The molecule has 0 bridgehead atoms. The lowest BCUT2D eigenvalue weighted by atomic mass is 10.1. The molecule has 1 saturated carbocycles. The molecule has 8 heteroatoms. The second-order valence-electron chi connectivity index (χ2n) is 7.65. The van der Waals surface area contributed by atoms with Crippen LogP contribution in [0.4, 0.5) is 15.1 Å². The van der Waals surface area contributed by atoms with Gasteiger partial charge in [0.05, 0.1) is 0 Å². The van der Waals surface area contributed by atoms with Crippen LogP contribution in [0, 0.1) is 5.92 Å². The summed E-state index contributed by atoms with van der Waals surface area (Å²) >= 11 is 1.46. The Morgan fingerprint density at radius 1 is 1.28 bits per heavy atom. The summed E-state index contributed by atoms with van der Waals surface area (Å²) in [6.45, 7) is 10.9. The normalized spacial score (nSPS) is 22.6. The number of hydrogen-bond donors (Lipinski definition) is 2.